The maximum atomic E-state index is 5.68. The minimum Gasteiger partial charge on any atom is -0.385 e. The van der Waals surface area contributed by atoms with E-state index in [-0.39, 0.29) is 0 Å². The van der Waals surface area contributed by atoms with E-state index in [1.165, 1.54) is 45.1 Å². The van der Waals surface area contributed by atoms with Crippen molar-refractivity contribution < 1.29 is 9.47 Å². The van der Waals surface area contributed by atoms with E-state index in [1.54, 1.807) is 7.11 Å². The van der Waals surface area contributed by atoms with E-state index in [0.29, 0.717) is 5.41 Å². The molecule has 3 heteroatoms. The summed E-state index contributed by atoms with van der Waals surface area (Å²) in [7, 11) is 1.74. The molecule has 0 radical (unpaired) electrons. The standard InChI is InChI=1S/C14H27NO2/c1-16-9-3-10-17-11-8-14(6-2-7-14)12-15-13-4-5-13/h13,15H,2-12H2,1H3. The predicted octanol–water partition coefficient (Wildman–Crippen LogP) is 2.35. The Bertz CT molecular complexity index is 212. The van der Waals surface area contributed by atoms with Crippen LogP contribution in [0.3, 0.4) is 0 Å². The molecule has 2 aliphatic carbocycles. The maximum Gasteiger partial charge on any atom is 0.0487 e. The summed E-state index contributed by atoms with van der Waals surface area (Å²) in [5, 5.41) is 3.69. The lowest BCUT2D eigenvalue weighted by Crippen LogP contribution is -2.41. The molecular formula is C14H27NO2. The summed E-state index contributed by atoms with van der Waals surface area (Å²) in [5.41, 5.74) is 0.573. The zero-order valence-corrected chi connectivity index (χ0v) is 11.2. The normalized spacial score (nSPS) is 22.4. The number of nitrogens with one attached hydrogen (secondary N) is 1. The van der Waals surface area contributed by atoms with Crippen LogP contribution in [0.4, 0.5) is 0 Å². The van der Waals surface area contributed by atoms with Crippen molar-refractivity contribution in [1.29, 1.82) is 0 Å². The van der Waals surface area contributed by atoms with Gasteiger partial charge in [0.1, 0.15) is 0 Å². The van der Waals surface area contributed by atoms with E-state index in [1.807, 2.05) is 0 Å². The smallest absolute Gasteiger partial charge is 0.0487 e. The Balaban J connectivity index is 1.51. The van der Waals surface area contributed by atoms with Crippen molar-refractivity contribution in [3.63, 3.8) is 0 Å². The van der Waals surface area contributed by atoms with E-state index in [4.69, 9.17) is 9.47 Å². The van der Waals surface area contributed by atoms with Crippen LogP contribution in [0, 0.1) is 5.41 Å². The highest BCUT2D eigenvalue weighted by Crippen LogP contribution is 2.43. The topological polar surface area (TPSA) is 30.5 Å². The highest BCUT2D eigenvalue weighted by Gasteiger charge is 2.37. The minimum atomic E-state index is 0.573. The van der Waals surface area contributed by atoms with Crippen LogP contribution >= 0.6 is 0 Å². The molecular weight excluding hydrogens is 214 g/mol. The van der Waals surface area contributed by atoms with Crippen molar-refractivity contribution in [2.24, 2.45) is 5.41 Å². The monoisotopic (exact) mass is 241 g/mol. The number of ether oxygens (including phenoxy) is 2. The van der Waals surface area contributed by atoms with Gasteiger partial charge < -0.3 is 14.8 Å². The van der Waals surface area contributed by atoms with Crippen molar-refractivity contribution in [3.8, 4) is 0 Å². The second-order valence-corrected chi connectivity index (χ2v) is 5.72. The molecule has 0 heterocycles. The summed E-state index contributed by atoms with van der Waals surface area (Å²) < 4.78 is 10.7. The molecule has 0 aromatic carbocycles. The zero-order chi connectivity index (χ0) is 12.0. The lowest BCUT2D eigenvalue weighted by Gasteiger charge is -2.42. The highest BCUT2D eigenvalue weighted by atomic mass is 16.5. The quantitative estimate of drug-likeness (QED) is 0.596. The first-order valence-corrected chi connectivity index (χ1v) is 7.15. The summed E-state index contributed by atoms with van der Waals surface area (Å²) in [4.78, 5) is 0. The molecule has 0 atom stereocenters. The van der Waals surface area contributed by atoms with Gasteiger partial charge in [-0.1, -0.05) is 6.42 Å². The van der Waals surface area contributed by atoms with Crippen molar-refractivity contribution in [1.82, 2.24) is 5.32 Å². The molecule has 2 fully saturated rings. The summed E-state index contributed by atoms with van der Waals surface area (Å²) in [6.07, 6.45) is 9.25. The Kier molecular flexibility index (Phi) is 5.26. The van der Waals surface area contributed by atoms with Gasteiger partial charge in [0.05, 0.1) is 0 Å². The SMILES string of the molecule is COCCCOCCC1(CNC2CC2)CCC1. The van der Waals surface area contributed by atoms with Crippen LogP contribution in [0.1, 0.15) is 44.9 Å². The summed E-state index contributed by atoms with van der Waals surface area (Å²) in [6, 6.07) is 0.843. The molecule has 0 saturated heterocycles. The fourth-order valence-electron chi connectivity index (χ4n) is 2.54. The van der Waals surface area contributed by atoms with Gasteiger partial charge in [-0.15, -0.1) is 0 Å². The number of methoxy groups -OCH3 is 1. The molecule has 0 unspecified atom stereocenters. The van der Waals surface area contributed by atoms with E-state index in [0.717, 1.165) is 32.3 Å². The average Bonchev–Trinajstić information content (AvgIpc) is 3.09. The Hall–Kier alpha value is -0.120. The molecule has 0 bridgehead atoms. The molecule has 2 rings (SSSR count). The summed E-state index contributed by atoms with van der Waals surface area (Å²) in [6.45, 7) is 3.81. The highest BCUT2D eigenvalue weighted by molar-refractivity contribution is 4.92. The Morgan fingerprint density at radius 2 is 2.00 bits per heavy atom. The predicted molar refractivity (Wildman–Crippen MR) is 69.2 cm³/mol. The molecule has 0 amide bonds. The lowest BCUT2D eigenvalue weighted by atomic mass is 9.67. The third kappa shape index (κ3) is 4.57. The molecule has 3 nitrogen and oxygen atoms in total. The largest absolute Gasteiger partial charge is 0.385 e. The van der Waals surface area contributed by atoms with E-state index >= 15 is 0 Å². The molecule has 0 aliphatic heterocycles. The molecule has 0 spiro atoms. The van der Waals surface area contributed by atoms with Gasteiger partial charge in [0.2, 0.25) is 0 Å². The molecule has 0 aromatic heterocycles. The van der Waals surface area contributed by atoms with Crippen molar-refractivity contribution in [2.45, 2.75) is 51.0 Å². The van der Waals surface area contributed by atoms with Gasteiger partial charge in [-0.3, -0.25) is 0 Å². The van der Waals surface area contributed by atoms with Crippen LogP contribution in [0.25, 0.3) is 0 Å². The molecule has 1 N–H and O–H groups in total. The fourth-order valence-corrected chi connectivity index (χ4v) is 2.54. The Morgan fingerprint density at radius 3 is 2.59 bits per heavy atom. The molecule has 2 saturated carbocycles. The van der Waals surface area contributed by atoms with Crippen molar-refractivity contribution in [3.05, 3.63) is 0 Å². The first-order valence-electron chi connectivity index (χ1n) is 7.15. The summed E-state index contributed by atoms with van der Waals surface area (Å²) >= 11 is 0. The molecule has 100 valence electrons. The van der Waals surface area contributed by atoms with Gasteiger partial charge >= 0.3 is 0 Å². The van der Waals surface area contributed by atoms with Gasteiger partial charge in [0.25, 0.3) is 0 Å². The lowest BCUT2D eigenvalue weighted by molar-refractivity contribution is 0.0420. The van der Waals surface area contributed by atoms with Crippen LogP contribution in [-0.2, 0) is 9.47 Å². The third-order valence-electron chi connectivity index (χ3n) is 4.17. The van der Waals surface area contributed by atoms with Gasteiger partial charge in [-0.2, -0.15) is 0 Å². The second-order valence-electron chi connectivity index (χ2n) is 5.72. The van der Waals surface area contributed by atoms with Gasteiger partial charge in [0.15, 0.2) is 0 Å². The van der Waals surface area contributed by atoms with E-state index in [2.05, 4.69) is 5.32 Å². The average molecular weight is 241 g/mol. The van der Waals surface area contributed by atoms with Crippen LogP contribution in [0.15, 0.2) is 0 Å². The third-order valence-corrected chi connectivity index (χ3v) is 4.17. The van der Waals surface area contributed by atoms with Crippen LogP contribution in [-0.4, -0.2) is 39.5 Å². The second kappa shape index (κ2) is 6.72. The van der Waals surface area contributed by atoms with Crippen molar-refractivity contribution in [2.75, 3.05) is 33.5 Å². The van der Waals surface area contributed by atoms with Crippen LogP contribution in [0.2, 0.25) is 0 Å². The number of hydrogen-bond donors (Lipinski definition) is 1. The molecule has 2 aliphatic rings. The van der Waals surface area contributed by atoms with Gasteiger partial charge in [-0.25, -0.2) is 0 Å². The van der Waals surface area contributed by atoms with E-state index in [9.17, 15) is 0 Å². The van der Waals surface area contributed by atoms with E-state index < -0.39 is 0 Å². The summed E-state index contributed by atoms with van der Waals surface area (Å²) in [5.74, 6) is 0. The Morgan fingerprint density at radius 1 is 1.18 bits per heavy atom. The zero-order valence-electron chi connectivity index (χ0n) is 11.2. The minimum absolute atomic E-state index is 0.573. The maximum absolute atomic E-state index is 5.68. The first kappa shape index (κ1) is 13.3. The Labute approximate surface area is 105 Å². The van der Waals surface area contributed by atoms with Gasteiger partial charge in [0, 0.05) is 39.5 Å². The van der Waals surface area contributed by atoms with Gasteiger partial charge in [-0.05, 0) is 43.9 Å². The van der Waals surface area contributed by atoms with Crippen molar-refractivity contribution >= 4 is 0 Å². The first-order chi connectivity index (χ1) is 8.35. The van der Waals surface area contributed by atoms with Crippen LogP contribution < -0.4 is 5.32 Å². The number of rotatable bonds is 10. The number of hydrogen-bond acceptors (Lipinski definition) is 3. The molecule has 17 heavy (non-hydrogen) atoms. The fraction of sp³-hybridized carbons (Fsp3) is 1.00. The molecule has 0 aromatic rings. The van der Waals surface area contributed by atoms with Crippen LogP contribution in [0.5, 0.6) is 0 Å².